The molecule has 132 valence electrons. The lowest BCUT2D eigenvalue weighted by Gasteiger charge is -2.23. The van der Waals surface area contributed by atoms with Crippen LogP contribution in [-0.4, -0.2) is 29.9 Å². The molecule has 2 aromatic rings. The Morgan fingerprint density at radius 1 is 1.12 bits per heavy atom. The highest BCUT2D eigenvalue weighted by Gasteiger charge is 2.30. The maximum atomic E-state index is 12.8. The van der Waals surface area contributed by atoms with Gasteiger partial charge in [-0.05, 0) is 49.2 Å². The van der Waals surface area contributed by atoms with Crippen LogP contribution in [0.5, 0.6) is 0 Å². The number of amides is 1. The van der Waals surface area contributed by atoms with Crippen LogP contribution in [0, 0.1) is 0 Å². The molecule has 25 heavy (non-hydrogen) atoms. The summed E-state index contributed by atoms with van der Waals surface area (Å²) >= 11 is 0. The van der Waals surface area contributed by atoms with Crippen LogP contribution in [0.1, 0.15) is 30.9 Å². The van der Waals surface area contributed by atoms with E-state index in [1.54, 1.807) is 0 Å². The molecule has 0 saturated carbocycles. The number of rotatable bonds is 7. The number of nitrogens with one attached hydrogen (secondary N) is 2. The fourth-order valence-electron chi connectivity index (χ4n) is 3.38. The molecule has 1 saturated heterocycles. The second-order valence-electron chi connectivity index (χ2n) is 6.58. The molecule has 1 fully saturated rings. The Morgan fingerprint density at radius 3 is 2.72 bits per heavy atom. The van der Waals surface area contributed by atoms with Crippen molar-refractivity contribution in [3.63, 3.8) is 0 Å². The molecular formula is C21H27N3O. The number of hydrogen-bond donors (Lipinski definition) is 2. The second kappa shape index (κ2) is 8.79. The molecular weight excluding hydrogens is 310 g/mol. The Bertz CT molecular complexity index is 687. The fraction of sp³-hybridized carbons (Fsp3) is 0.381. The number of hydrogen-bond acceptors (Lipinski definition) is 3. The van der Waals surface area contributed by atoms with Crippen LogP contribution in [0.3, 0.4) is 0 Å². The van der Waals surface area contributed by atoms with Gasteiger partial charge in [-0.1, -0.05) is 49.4 Å². The zero-order valence-electron chi connectivity index (χ0n) is 14.9. The highest BCUT2D eigenvalue weighted by Crippen LogP contribution is 2.22. The standard InChI is InChI=1S/C21H27N3O/c1-2-22-15-18-10-6-11-19(14-18)23-21(25)20-12-7-13-24(20)16-17-8-4-3-5-9-17/h3-6,8-11,14,20,22H,2,7,12-13,15-16H2,1H3,(H,23,25). The van der Waals surface area contributed by atoms with Crippen LogP contribution in [-0.2, 0) is 17.9 Å². The summed E-state index contributed by atoms with van der Waals surface area (Å²) in [5.74, 6) is 0.106. The van der Waals surface area contributed by atoms with E-state index in [0.29, 0.717) is 0 Å². The zero-order valence-corrected chi connectivity index (χ0v) is 14.9. The van der Waals surface area contributed by atoms with E-state index < -0.39 is 0 Å². The fourth-order valence-corrected chi connectivity index (χ4v) is 3.38. The minimum Gasteiger partial charge on any atom is -0.325 e. The first-order valence-corrected chi connectivity index (χ1v) is 9.15. The van der Waals surface area contributed by atoms with Crippen molar-refractivity contribution in [2.45, 2.75) is 38.9 Å². The molecule has 4 heteroatoms. The molecule has 1 aliphatic rings. The van der Waals surface area contributed by atoms with Gasteiger partial charge in [0, 0.05) is 18.8 Å². The van der Waals surface area contributed by atoms with Crippen molar-refractivity contribution in [1.82, 2.24) is 10.2 Å². The molecule has 2 N–H and O–H groups in total. The highest BCUT2D eigenvalue weighted by molar-refractivity contribution is 5.95. The first-order chi connectivity index (χ1) is 12.3. The lowest BCUT2D eigenvalue weighted by atomic mass is 10.1. The summed E-state index contributed by atoms with van der Waals surface area (Å²) in [5, 5.41) is 6.42. The maximum Gasteiger partial charge on any atom is 0.241 e. The molecule has 0 spiro atoms. The molecule has 0 bridgehead atoms. The van der Waals surface area contributed by atoms with Crippen molar-refractivity contribution in [3.8, 4) is 0 Å². The van der Waals surface area contributed by atoms with Crippen molar-refractivity contribution in [1.29, 1.82) is 0 Å². The van der Waals surface area contributed by atoms with Crippen molar-refractivity contribution in [2.24, 2.45) is 0 Å². The minimum atomic E-state index is -0.0439. The number of carbonyl (C=O) groups excluding carboxylic acids is 1. The second-order valence-corrected chi connectivity index (χ2v) is 6.58. The third-order valence-corrected chi connectivity index (χ3v) is 4.67. The van der Waals surface area contributed by atoms with Crippen LogP contribution >= 0.6 is 0 Å². The number of likely N-dealkylation sites (tertiary alicyclic amines) is 1. The Morgan fingerprint density at radius 2 is 1.92 bits per heavy atom. The van der Waals surface area contributed by atoms with E-state index in [2.05, 4.69) is 58.9 Å². The SMILES string of the molecule is CCNCc1cccc(NC(=O)C2CCCN2Cc2ccccc2)c1. The molecule has 2 aromatic carbocycles. The third-order valence-electron chi connectivity index (χ3n) is 4.67. The van der Waals surface area contributed by atoms with E-state index in [1.807, 2.05) is 18.2 Å². The summed E-state index contributed by atoms with van der Waals surface area (Å²) in [5.41, 5.74) is 3.33. The monoisotopic (exact) mass is 337 g/mol. The summed E-state index contributed by atoms with van der Waals surface area (Å²) in [6, 6.07) is 18.4. The lowest BCUT2D eigenvalue weighted by Crippen LogP contribution is -2.39. The Kier molecular flexibility index (Phi) is 6.20. The predicted molar refractivity (Wildman–Crippen MR) is 102 cm³/mol. The first kappa shape index (κ1) is 17.6. The topological polar surface area (TPSA) is 44.4 Å². The molecule has 1 atom stereocenters. The summed E-state index contributed by atoms with van der Waals surface area (Å²) in [6.45, 7) is 5.66. The van der Waals surface area contributed by atoms with Crippen LogP contribution in [0.2, 0.25) is 0 Å². The molecule has 0 radical (unpaired) electrons. The highest BCUT2D eigenvalue weighted by atomic mass is 16.2. The third kappa shape index (κ3) is 4.91. The van der Waals surface area contributed by atoms with Crippen LogP contribution < -0.4 is 10.6 Å². The Labute approximate surface area is 150 Å². The normalized spacial score (nSPS) is 17.6. The van der Waals surface area contributed by atoms with Crippen molar-refractivity contribution in [2.75, 3.05) is 18.4 Å². The molecule has 0 aromatic heterocycles. The van der Waals surface area contributed by atoms with Crippen molar-refractivity contribution >= 4 is 11.6 Å². The smallest absolute Gasteiger partial charge is 0.241 e. The van der Waals surface area contributed by atoms with E-state index in [-0.39, 0.29) is 11.9 Å². The summed E-state index contributed by atoms with van der Waals surface area (Å²) in [4.78, 5) is 15.1. The van der Waals surface area contributed by atoms with Crippen molar-refractivity contribution in [3.05, 3.63) is 65.7 Å². The maximum absolute atomic E-state index is 12.8. The lowest BCUT2D eigenvalue weighted by molar-refractivity contribution is -0.120. The summed E-state index contributed by atoms with van der Waals surface area (Å²) in [7, 11) is 0. The van der Waals surface area contributed by atoms with Gasteiger partial charge in [0.15, 0.2) is 0 Å². The van der Waals surface area contributed by atoms with E-state index in [1.165, 1.54) is 11.1 Å². The predicted octanol–water partition coefficient (Wildman–Crippen LogP) is 3.40. The number of benzene rings is 2. The molecule has 1 unspecified atom stereocenters. The van der Waals surface area contributed by atoms with Crippen LogP contribution in [0.15, 0.2) is 54.6 Å². The van der Waals surface area contributed by atoms with Gasteiger partial charge in [0.1, 0.15) is 0 Å². The molecule has 3 rings (SSSR count). The van der Waals surface area contributed by atoms with E-state index in [9.17, 15) is 4.79 Å². The quantitative estimate of drug-likeness (QED) is 0.814. The van der Waals surface area contributed by atoms with Gasteiger partial charge in [0.05, 0.1) is 6.04 Å². The Hall–Kier alpha value is -2.17. The van der Waals surface area contributed by atoms with Crippen LogP contribution in [0.4, 0.5) is 5.69 Å². The summed E-state index contributed by atoms with van der Waals surface area (Å²) in [6.07, 6.45) is 2.00. The summed E-state index contributed by atoms with van der Waals surface area (Å²) < 4.78 is 0. The molecule has 1 amide bonds. The van der Waals surface area contributed by atoms with Crippen LogP contribution in [0.25, 0.3) is 0 Å². The van der Waals surface area contributed by atoms with Gasteiger partial charge >= 0.3 is 0 Å². The van der Waals surface area contributed by atoms with Gasteiger partial charge < -0.3 is 10.6 Å². The van der Waals surface area contributed by atoms with Crippen molar-refractivity contribution < 1.29 is 4.79 Å². The minimum absolute atomic E-state index is 0.0439. The van der Waals surface area contributed by atoms with Gasteiger partial charge in [-0.3, -0.25) is 9.69 Å². The molecule has 1 aliphatic heterocycles. The van der Waals surface area contributed by atoms with Gasteiger partial charge in [-0.2, -0.15) is 0 Å². The average molecular weight is 337 g/mol. The number of carbonyl (C=O) groups is 1. The van der Waals surface area contributed by atoms with Gasteiger partial charge in [0.2, 0.25) is 5.91 Å². The number of anilines is 1. The van der Waals surface area contributed by atoms with Gasteiger partial charge in [0.25, 0.3) is 0 Å². The number of nitrogens with zero attached hydrogens (tertiary/aromatic N) is 1. The zero-order chi connectivity index (χ0) is 17.5. The Balaban J connectivity index is 1.62. The van der Waals surface area contributed by atoms with Gasteiger partial charge in [-0.15, -0.1) is 0 Å². The first-order valence-electron chi connectivity index (χ1n) is 9.15. The molecule has 4 nitrogen and oxygen atoms in total. The van der Waals surface area contributed by atoms with E-state index >= 15 is 0 Å². The molecule has 1 heterocycles. The van der Waals surface area contributed by atoms with E-state index in [4.69, 9.17) is 0 Å². The van der Waals surface area contributed by atoms with Gasteiger partial charge in [-0.25, -0.2) is 0 Å². The van der Waals surface area contributed by atoms with E-state index in [0.717, 1.165) is 44.7 Å². The average Bonchev–Trinajstić information content (AvgIpc) is 3.09. The molecule has 0 aliphatic carbocycles. The largest absolute Gasteiger partial charge is 0.325 e.